The smallest absolute Gasteiger partial charge is 0.00900 e. The van der Waals surface area contributed by atoms with Crippen molar-refractivity contribution in [2.75, 3.05) is 0 Å². The first-order valence-electron chi connectivity index (χ1n) is 6.42. The molecule has 18 heavy (non-hydrogen) atoms. The van der Waals surface area contributed by atoms with E-state index in [2.05, 4.69) is 96.8 Å². The van der Waals surface area contributed by atoms with E-state index in [1.807, 2.05) is 0 Å². The summed E-state index contributed by atoms with van der Waals surface area (Å²) in [6.45, 7) is 11.1. The molecule has 3 unspecified atom stereocenters. The van der Waals surface area contributed by atoms with Gasteiger partial charge in [0.2, 0.25) is 0 Å². The minimum Gasteiger partial charge on any atom is -0.103 e. The highest BCUT2D eigenvalue weighted by Gasteiger charge is 2.49. The van der Waals surface area contributed by atoms with Gasteiger partial charge < -0.3 is 0 Å². The summed E-state index contributed by atoms with van der Waals surface area (Å²) in [7, 11) is 0. The lowest BCUT2D eigenvalue weighted by Crippen LogP contribution is -2.20. The van der Waals surface area contributed by atoms with E-state index in [0.717, 1.165) is 0 Å². The molecule has 0 aliphatic heterocycles. The summed E-state index contributed by atoms with van der Waals surface area (Å²) in [4.78, 5) is 0. The van der Waals surface area contributed by atoms with Crippen LogP contribution in [0.3, 0.4) is 0 Å². The van der Waals surface area contributed by atoms with E-state index in [1.54, 1.807) is 5.57 Å². The average Bonchev–Trinajstić information content (AvgIpc) is 2.48. The highest BCUT2D eigenvalue weighted by molar-refractivity contribution is 14.1. The van der Waals surface area contributed by atoms with Crippen molar-refractivity contribution in [2.24, 2.45) is 23.2 Å². The van der Waals surface area contributed by atoms with Crippen LogP contribution in [0, 0.1) is 23.2 Å². The lowest BCUT2D eigenvalue weighted by atomic mass is 9.76. The van der Waals surface area contributed by atoms with E-state index in [1.165, 1.54) is 13.6 Å². The molecule has 3 atom stereocenters. The standard InChI is InChI=1S/C16H20I2/c1-5-12-13-7-6-11(18)9-15(13)16(3,4)14(12)8-10(2)17/h5-6,8-9,12-14H,1,7H2,2-4H3/b10-8+. The molecule has 0 radical (unpaired) electrons. The lowest BCUT2D eigenvalue weighted by Gasteiger charge is -2.29. The first-order chi connectivity index (χ1) is 8.37. The molecular formula is C16H20I2. The zero-order valence-corrected chi connectivity index (χ0v) is 15.5. The van der Waals surface area contributed by atoms with Crippen LogP contribution in [-0.4, -0.2) is 0 Å². The fourth-order valence-electron chi connectivity index (χ4n) is 3.51. The van der Waals surface area contributed by atoms with Crippen LogP contribution in [0.4, 0.5) is 0 Å². The summed E-state index contributed by atoms with van der Waals surface area (Å²) in [5.41, 5.74) is 1.87. The summed E-state index contributed by atoms with van der Waals surface area (Å²) >= 11 is 4.87. The molecule has 98 valence electrons. The number of rotatable bonds is 2. The van der Waals surface area contributed by atoms with Crippen LogP contribution in [0.25, 0.3) is 0 Å². The third-order valence-corrected chi connectivity index (χ3v) is 5.51. The number of fused-ring (bicyclic) bond motifs is 1. The topological polar surface area (TPSA) is 0 Å². The van der Waals surface area contributed by atoms with Crippen molar-refractivity contribution in [1.29, 1.82) is 0 Å². The zero-order chi connectivity index (χ0) is 13.5. The van der Waals surface area contributed by atoms with Gasteiger partial charge in [0.1, 0.15) is 0 Å². The van der Waals surface area contributed by atoms with Crippen molar-refractivity contribution in [1.82, 2.24) is 0 Å². The molecular weight excluding hydrogens is 446 g/mol. The second-order valence-corrected chi connectivity index (χ2v) is 8.79. The molecule has 0 saturated heterocycles. The number of halogens is 2. The highest BCUT2D eigenvalue weighted by Crippen LogP contribution is 2.58. The summed E-state index contributed by atoms with van der Waals surface area (Å²) in [6.07, 6.45) is 10.6. The molecule has 1 fully saturated rings. The van der Waals surface area contributed by atoms with Crippen LogP contribution in [-0.2, 0) is 0 Å². The van der Waals surface area contributed by atoms with Gasteiger partial charge >= 0.3 is 0 Å². The molecule has 0 aromatic heterocycles. The molecule has 0 amide bonds. The summed E-state index contributed by atoms with van der Waals surface area (Å²) in [6, 6.07) is 0. The predicted octanol–water partition coefficient (Wildman–Crippen LogP) is 6.05. The van der Waals surface area contributed by atoms with Crippen LogP contribution in [0.1, 0.15) is 27.2 Å². The van der Waals surface area contributed by atoms with E-state index < -0.39 is 0 Å². The fraction of sp³-hybridized carbons (Fsp3) is 0.500. The van der Waals surface area contributed by atoms with Crippen molar-refractivity contribution in [3.63, 3.8) is 0 Å². The molecule has 2 rings (SSSR count). The summed E-state index contributed by atoms with van der Waals surface area (Å²) < 4.78 is 2.78. The Labute approximate surface area is 138 Å². The van der Waals surface area contributed by atoms with Crippen LogP contribution in [0.2, 0.25) is 0 Å². The highest BCUT2D eigenvalue weighted by atomic mass is 127. The first-order valence-corrected chi connectivity index (χ1v) is 8.58. The number of hydrogen-bond acceptors (Lipinski definition) is 0. The van der Waals surface area contributed by atoms with E-state index in [0.29, 0.717) is 17.8 Å². The largest absolute Gasteiger partial charge is 0.103 e. The van der Waals surface area contributed by atoms with Gasteiger partial charge in [0.15, 0.2) is 0 Å². The average molecular weight is 466 g/mol. The summed E-state index contributed by atoms with van der Waals surface area (Å²) in [5.74, 6) is 1.82. The SMILES string of the molecule is C=CC1C2CC=C(I)C=C2C(C)(C)C1/C=C(\C)I. The van der Waals surface area contributed by atoms with Gasteiger partial charge in [0.05, 0.1) is 0 Å². The van der Waals surface area contributed by atoms with E-state index in [4.69, 9.17) is 0 Å². The first kappa shape index (κ1) is 14.8. The molecule has 2 aliphatic rings. The van der Waals surface area contributed by atoms with Crippen molar-refractivity contribution in [3.8, 4) is 0 Å². The van der Waals surface area contributed by atoms with Gasteiger partial charge in [0, 0.05) is 3.58 Å². The van der Waals surface area contributed by atoms with E-state index in [-0.39, 0.29) is 5.41 Å². The van der Waals surface area contributed by atoms with Crippen molar-refractivity contribution >= 4 is 45.2 Å². The Morgan fingerprint density at radius 3 is 2.72 bits per heavy atom. The van der Waals surface area contributed by atoms with Gasteiger partial charge in [-0.1, -0.05) is 37.6 Å². The Morgan fingerprint density at radius 1 is 1.50 bits per heavy atom. The molecule has 0 spiro atoms. The number of hydrogen-bond donors (Lipinski definition) is 0. The molecule has 2 heteroatoms. The molecule has 0 heterocycles. The van der Waals surface area contributed by atoms with Crippen molar-refractivity contribution in [3.05, 3.63) is 43.6 Å². The van der Waals surface area contributed by atoms with Crippen LogP contribution < -0.4 is 0 Å². The zero-order valence-electron chi connectivity index (χ0n) is 11.2. The normalized spacial score (nSPS) is 34.7. The maximum atomic E-state index is 4.09. The second-order valence-electron chi connectivity index (χ2n) is 5.84. The predicted molar refractivity (Wildman–Crippen MR) is 97.0 cm³/mol. The van der Waals surface area contributed by atoms with Gasteiger partial charge in [-0.25, -0.2) is 0 Å². The van der Waals surface area contributed by atoms with Crippen LogP contribution >= 0.6 is 45.2 Å². The van der Waals surface area contributed by atoms with Crippen molar-refractivity contribution in [2.45, 2.75) is 27.2 Å². The van der Waals surface area contributed by atoms with E-state index >= 15 is 0 Å². The monoisotopic (exact) mass is 466 g/mol. The molecule has 0 nitrogen and oxygen atoms in total. The Hall–Kier alpha value is 0.420. The fourth-order valence-corrected chi connectivity index (χ4v) is 4.49. The molecule has 0 aromatic rings. The minimum absolute atomic E-state index is 0.251. The molecule has 1 saturated carbocycles. The molecule has 2 aliphatic carbocycles. The van der Waals surface area contributed by atoms with Crippen LogP contribution in [0.5, 0.6) is 0 Å². The maximum Gasteiger partial charge on any atom is 0.00900 e. The minimum atomic E-state index is 0.251. The van der Waals surface area contributed by atoms with Crippen molar-refractivity contribution < 1.29 is 0 Å². The quantitative estimate of drug-likeness (QED) is 0.344. The second kappa shape index (κ2) is 5.43. The number of allylic oxidation sites excluding steroid dienone is 7. The Bertz CT molecular complexity index is 448. The van der Waals surface area contributed by atoms with Gasteiger partial charge in [-0.3, -0.25) is 0 Å². The third kappa shape index (κ3) is 2.51. The van der Waals surface area contributed by atoms with Gasteiger partial charge in [-0.15, -0.1) is 6.58 Å². The Morgan fingerprint density at radius 2 is 2.17 bits per heavy atom. The maximum absolute atomic E-state index is 4.09. The third-order valence-electron chi connectivity index (χ3n) is 4.40. The lowest BCUT2D eigenvalue weighted by molar-refractivity contribution is 0.324. The molecule has 0 aromatic carbocycles. The summed E-state index contributed by atoms with van der Waals surface area (Å²) in [5, 5.41) is 0. The van der Waals surface area contributed by atoms with E-state index in [9.17, 15) is 0 Å². The Balaban J connectivity index is 2.49. The van der Waals surface area contributed by atoms with Gasteiger partial charge in [-0.2, -0.15) is 0 Å². The van der Waals surface area contributed by atoms with Crippen LogP contribution in [0.15, 0.2) is 43.6 Å². The van der Waals surface area contributed by atoms with Gasteiger partial charge in [0.25, 0.3) is 0 Å². The van der Waals surface area contributed by atoms with Gasteiger partial charge in [-0.05, 0) is 91.4 Å². The molecule has 0 N–H and O–H groups in total. The molecule has 0 bridgehead atoms. The Kier molecular flexibility index (Phi) is 4.47.